The Kier molecular flexibility index (Phi) is 5.63. The van der Waals surface area contributed by atoms with Crippen molar-refractivity contribution < 1.29 is 23.9 Å². The van der Waals surface area contributed by atoms with Crippen LogP contribution >= 0.6 is 0 Å². The van der Waals surface area contributed by atoms with Crippen molar-refractivity contribution in [3.05, 3.63) is 65.7 Å². The quantitative estimate of drug-likeness (QED) is 0.577. The number of benzene rings is 2. The molecule has 150 valence electrons. The summed E-state index contributed by atoms with van der Waals surface area (Å²) in [5.41, 5.74) is 0.203. The average molecular weight is 395 g/mol. The Balaban J connectivity index is 1.65. The van der Waals surface area contributed by atoms with Crippen LogP contribution in [0.1, 0.15) is 29.8 Å². The second kappa shape index (κ2) is 8.14. The number of anilines is 1. The Bertz CT molecular complexity index is 943. The van der Waals surface area contributed by atoms with Crippen molar-refractivity contribution in [2.75, 3.05) is 18.5 Å². The van der Waals surface area contributed by atoms with E-state index in [1.165, 1.54) is 12.1 Å². The lowest BCUT2D eigenvalue weighted by Crippen LogP contribution is -2.42. The molecule has 0 aliphatic carbocycles. The molecule has 1 atom stereocenters. The molecule has 0 bridgehead atoms. The third-order valence-corrected chi connectivity index (χ3v) is 4.61. The van der Waals surface area contributed by atoms with Gasteiger partial charge >= 0.3 is 12.0 Å². The molecule has 1 aliphatic heterocycles. The molecule has 0 aromatic heterocycles. The number of hydrogen-bond acceptors (Lipinski definition) is 5. The first-order valence-corrected chi connectivity index (χ1v) is 9.12. The fourth-order valence-corrected chi connectivity index (χ4v) is 3.06. The van der Waals surface area contributed by atoms with Crippen LogP contribution in [0.5, 0.6) is 0 Å². The normalized spacial score (nSPS) is 18.3. The number of carbonyl (C=O) groups excluding carboxylic acids is 4. The molecule has 8 heteroatoms. The van der Waals surface area contributed by atoms with Crippen molar-refractivity contribution in [3.63, 3.8) is 0 Å². The van der Waals surface area contributed by atoms with Crippen molar-refractivity contribution in [2.45, 2.75) is 19.4 Å². The summed E-state index contributed by atoms with van der Waals surface area (Å²) in [5.74, 6) is -1.49. The van der Waals surface area contributed by atoms with Crippen LogP contribution in [0.2, 0.25) is 0 Å². The highest BCUT2D eigenvalue weighted by Crippen LogP contribution is 2.28. The summed E-state index contributed by atoms with van der Waals surface area (Å²) >= 11 is 0. The number of urea groups is 1. The van der Waals surface area contributed by atoms with Crippen LogP contribution < -0.4 is 10.6 Å². The number of imide groups is 1. The first-order valence-electron chi connectivity index (χ1n) is 9.12. The van der Waals surface area contributed by atoms with Crippen molar-refractivity contribution in [3.8, 4) is 0 Å². The molecule has 3 rings (SSSR count). The molecule has 0 saturated carbocycles. The van der Waals surface area contributed by atoms with Crippen LogP contribution in [-0.2, 0) is 19.9 Å². The largest absolute Gasteiger partial charge is 0.462 e. The van der Waals surface area contributed by atoms with E-state index in [4.69, 9.17) is 4.74 Å². The minimum absolute atomic E-state index is 0.269. The number of amides is 4. The molecule has 2 N–H and O–H groups in total. The number of esters is 1. The lowest BCUT2D eigenvalue weighted by atomic mass is 9.92. The Morgan fingerprint density at radius 1 is 1.07 bits per heavy atom. The first kappa shape index (κ1) is 20.1. The topological polar surface area (TPSA) is 105 Å². The lowest BCUT2D eigenvalue weighted by Gasteiger charge is -2.22. The Morgan fingerprint density at radius 3 is 2.34 bits per heavy atom. The molecule has 1 saturated heterocycles. The summed E-state index contributed by atoms with van der Waals surface area (Å²) in [4.78, 5) is 50.0. The number of carbonyl (C=O) groups is 4. The highest BCUT2D eigenvalue weighted by Gasteiger charge is 2.49. The van der Waals surface area contributed by atoms with Gasteiger partial charge in [0.25, 0.3) is 5.91 Å². The van der Waals surface area contributed by atoms with Gasteiger partial charge in [0.1, 0.15) is 12.1 Å². The van der Waals surface area contributed by atoms with Crippen LogP contribution in [0.4, 0.5) is 10.5 Å². The summed E-state index contributed by atoms with van der Waals surface area (Å²) < 4.78 is 4.90. The van der Waals surface area contributed by atoms with Gasteiger partial charge in [0.2, 0.25) is 5.91 Å². The second-order valence-electron chi connectivity index (χ2n) is 6.66. The summed E-state index contributed by atoms with van der Waals surface area (Å²) in [6, 6.07) is 14.3. The van der Waals surface area contributed by atoms with Gasteiger partial charge in [0.15, 0.2) is 0 Å². The number of nitrogens with zero attached hydrogens (tertiary/aromatic N) is 1. The van der Waals surface area contributed by atoms with Crippen molar-refractivity contribution >= 4 is 29.5 Å². The average Bonchev–Trinajstić information content (AvgIpc) is 2.93. The molecular weight excluding hydrogens is 374 g/mol. The highest BCUT2D eigenvalue weighted by molar-refractivity contribution is 6.10. The van der Waals surface area contributed by atoms with E-state index in [0.717, 1.165) is 4.90 Å². The SMILES string of the molecule is CCOC(=O)c1ccc(NC(=O)CN2C(=O)NC(C)(c3ccccc3)C2=O)cc1. The second-order valence-corrected chi connectivity index (χ2v) is 6.66. The van der Waals surface area contributed by atoms with Gasteiger partial charge in [-0.05, 0) is 43.7 Å². The predicted octanol–water partition coefficient (Wildman–Crippen LogP) is 2.27. The third-order valence-electron chi connectivity index (χ3n) is 4.61. The highest BCUT2D eigenvalue weighted by atomic mass is 16.5. The molecule has 8 nitrogen and oxygen atoms in total. The molecule has 1 aliphatic rings. The molecule has 0 spiro atoms. The Labute approximate surface area is 167 Å². The van der Waals surface area contributed by atoms with Gasteiger partial charge in [-0.3, -0.25) is 14.5 Å². The molecule has 1 fully saturated rings. The van der Waals surface area contributed by atoms with E-state index in [2.05, 4.69) is 10.6 Å². The van der Waals surface area contributed by atoms with E-state index in [1.807, 2.05) is 6.07 Å². The van der Waals surface area contributed by atoms with Crippen molar-refractivity contribution in [2.24, 2.45) is 0 Å². The summed E-state index contributed by atoms with van der Waals surface area (Å²) in [7, 11) is 0. The fourth-order valence-electron chi connectivity index (χ4n) is 3.06. The van der Waals surface area contributed by atoms with Crippen LogP contribution in [0.25, 0.3) is 0 Å². The molecule has 29 heavy (non-hydrogen) atoms. The fraction of sp³-hybridized carbons (Fsp3) is 0.238. The Hall–Kier alpha value is -3.68. The molecule has 0 radical (unpaired) electrons. The van der Waals surface area contributed by atoms with E-state index < -0.39 is 35.9 Å². The zero-order chi connectivity index (χ0) is 21.0. The van der Waals surface area contributed by atoms with E-state index >= 15 is 0 Å². The van der Waals surface area contributed by atoms with Crippen LogP contribution in [0, 0.1) is 0 Å². The maximum Gasteiger partial charge on any atom is 0.338 e. The molecule has 1 unspecified atom stereocenters. The maximum atomic E-state index is 12.8. The van der Waals surface area contributed by atoms with Gasteiger partial charge in [-0.2, -0.15) is 0 Å². The maximum absolute atomic E-state index is 12.8. The monoisotopic (exact) mass is 395 g/mol. The van der Waals surface area contributed by atoms with Crippen molar-refractivity contribution in [1.82, 2.24) is 10.2 Å². The molecule has 4 amide bonds. The van der Waals surface area contributed by atoms with Crippen LogP contribution in [0.3, 0.4) is 0 Å². The van der Waals surface area contributed by atoms with Gasteiger partial charge in [-0.25, -0.2) is 9.59 Å². The summed E-state index contributed by atoms with van der Waals surface area (Å²) in [6.07, 6.45) is 0. The Morgan fingerprint density at radius 2 is 1.72 bits per heavy atom. The van der Waals surface area contributed by atoms with Gasteiger partial charge in [0, 0.05) is 5.69 Å². The minimum Gasteiger partial charge on any atom is -0.462 e. The standard InChI is InChI=1S/C21H21N3O5/c1-3-29-18(26)14-9-11-16(12-10-14)22-17(25)13-24-19(27)21(2,23-20(24)28)15-7-5-4-6-8-15/h4-12H,3,13H2,1-2H3,(H,22,25)(H,23,28). The number of hydrogen-bond donors (Lipinski definition) is 2. The zero-order valence-corrected chi connectivity index (χ0v) is 16.1. The van der Waals surface area contributed by atoms with Gasteiger partial charge in [-0.15, -0.1) is 0 Å². The van der Waals surface area contributed by atoms with Crippen LogP contribution in [-0.4, -0.2) is 41.9 Å². The first-order chi connectivity index (χ1) is 13.8. The van der Waals surface area contributed by atoms with E-state index in [-0.39, 0.29) is 6.61 Å². The predicted molar refractivity (Wildman–Crippen MR) is 105 cm³/mol. The third kappa shape index (κ3) is 4.11. The molecule has 2 aromatic carbocycles. The minimum atomic E-state index is -1.22. The van der Waals surface area contributed by atoms with Gasteiger partial charge in [-0.1, -0.05) is 30.3 Å². The summed E-state index contributed by atoms with van der Waals surface area (Å²) in [5, 5.41) is 5.26. The van der Waals surface area contributed by atoms with Crippen LogP contribution in [0.15, 0.2) is 54.6 Å². The molecular formula is C21H21N3O5. The van der Waals surface area contributed by atoms with E-state index in [9.17, 15) is 19.2 Å². The van der Waals surface area contributed by atoms with Crippen molar-refractivity contribution in [1.29, 1.82) is 0 Å². The van der Waals surface area contributed by atoms with Gasteiger partial charge < -0.3 is 15.4 Å². The molecule has 2 aromatic rings. The number of rotatable bonds is 6. The number of nitrogens with one attached hydrogen (secondary N) is 2. The van der Waals surface area contributed by atoms with E-state index in [1.54, 1.807) is 50.2 Å². The number of ether oxygens (including phenoxy) is 1. The van der Waals surface area contributed by atoms with Gasteiger partial charge in [0.05, 0.1) is 12.2 Å². The molecule has 1 heterocycles. The smallest absolute Gasteiger partial charge is 0.338 e. The lowest BCUT2D eigenvalue weighted by molar-refractivity contribution is -0.133. The zero-order valence-electron chi connectivity index (χ0n) is 16.1. The van der Waals surface area contributed by atoms with E-state index in [0.29, 0.717) is 16.8 Å². The summed E-state index contributed by atoms with van der Waals surface area (Å²) in [6.45, 7) is 3.16.